The fourth-order valence-electron chi connectivity index (χ4n) is 2.24. The second kappa shape index (κ2) is 5.41. The van der Waals surface area contributed by atoms with Crippen LogP contribution in [0, 0.1) is 15.9 Å². The number of carbonyl (C=O) groups excluding carboxylic acids is 1. The smallest absolute Gasteiger partial charge is 0.438 e. The molecule has 0 unspecified atom stereocenters. The highest BCUT2D eigenvalue weighted by Gasteiger charge is 2.45. The van der Waals surface area contributed by atoms with Crippen LogP contribution in [0.15, 0.2) is 35.7 Å². The molecular weight excluding hydrogens is 352 g/mol. The van der Waals surface area contributed by atoms with Gasteiger partial charge < -0.3 is 9.94 Å². The summed E-state index contributed by atoms with van der Waals surface area (Å²) in [5, 5.41) is 13.5. The van der Waals surface area contributed by atoms with E-state index < -0.39 is 44.9 Å². The van der Waals surface area contributed by atoms with Crippen LogP contribution in [0.5, 0.6) is 0 Å². The van der Waals surface area contributed by atoms with Gasteiger partial charge in [-0.05, 0) is 23.6 Å². The predicted octanol–water partition coefficient (Wildman–Crippen LogP) is 3.35. The van der Waals surface area contributed by atoms with Gasteiger partial charge in [-0.1, -0.05) is 6.07 Å². The number of alkyl halides is 3. The van der Waals surface area contributed by atoms with Crippen molar-refractivity contribution in [3.05, 3.63) is 67.9 Å². The average Bonchev–Trinajstić information content (AvgIpc) is 3.02. The average molecular weight is 358 g/mol. The molecule has 2 aromatic heterocycles. The van der Waals surface area contributed by atoms with E-state index in [0.717, 1.165) is 23.5 Å². The summed E-state index contributed by atoms with van der Waals surface area (Å²) in [6.07, 6.45) is -5.25. The summed E-state index contributed by atoms with van der Waals surface area (Å²) in [4.78, 5) is 24.5. The molecule has 0 amide bonds. The van der Waals surface area contributed by atoms with Crippen LogP contribution in [-0.4, -0.2) is 10.5 Å². The molecule has 0 aliphatic heterocycles. The Labute approximate surface area is 134 Å². The molecule has 0 atom stereocenters. The van der Waals surface area contributed by atoms with E-state index in [-0.39, 0.29) is 9.30 Å². The van der Waals surface area contributed by atoms with Crippen LogP contribution < -0.4 is 4.43 Å². The van der Waals surface area contributed by atoms with Gasteiger partial charge >= 0.3 is 11.9 Å². The van der Waals surface area contributed by atoms with E-state index in [2.05, 4.69) is 0 Å². The van der Waals surface area contributed by atoms with Crippen molar-refractivity contribution in [2.24, 2.45) is 0 Å². The Balaban J connectivity index is 2.48. The van der Waals surface area contributed by atoms with Crippen LogP contribution in [0.1, 0.15) is 21.1 Å². The summed E-state index contributed by atoms with van der Waals surface area (Å²) in [6, 6.07) is 4.73. The SMILES string of the molecule is O=C(c1cccs1)c1c(C(F)(F)F)n([O-])c2ccc(F)cc2[n+]1=O. The first-order valence-corrected chi connectivity index (χ1v) is 7.23. The van der Waals surface area contributed by atoms with Gasteiger partial charge in [0.25, 0.3) is 11.3 Å². The number of carbonyl (C=O) groups is 1. The van der Waals surface area contributed by atoms with Crippen LogP contribution in [0.4, 0.5) is 17.6 Å². The molecule has 0 saturated carbocycles. The van der Waals surface area contributed by atoms with Gasteiger partial charge in [0.15, 0.2) is 0 Å². The van der Waals surface area contributed by atoms with Crippen molar-refractivity contribution in [1.29, 1.82) is 0 Å². The highest BCUT2D eigenvalue weighted by molar-refractivity contribution is 7.12. The number of aromatic nitrogens is 2. The van der Waals surface area contributed by atoms with Crippen molar-refractivity contribution in [3.8, 4) is 0 Å². The number of nitrogens with zero attached hydrogens (tertiary/aromatic N) is 2. The molecule has 124 valence electrons. The van der Waals surface area contributed by atoms with Crippen molar-refractivity contribution in [2.75, 3.05) is 0 Å². The van der Waals surface area contributed by atoms with E-state index in [1.807, 2.05) is 0 Å². The Bertz CT molecular complexity index is 1010. The molecule has 3 aromatic rings. The lowest BCUT2D eigenvalue weighted by atomic mass is 10.1. The number of ketones is 1. The number of benzene rings is 1. The first kappa shape index (κ1) is 16.1. The molecule has 10 heteroatoms. The van der Waals surface area contributed by atoms with Crippen molar-refractivity contribution in [1.82, 2.24) is 4.73 Å². The Morgan fingerprint density at radius 2 is 1.96 bits per heavy atom. The summed E-state index contributed by atoms with van der Waals surface area (Å²) >= 11 is 0.814. The first-order valence-electron chi connectivity index (χ1n) is 6.35. The standard InChI is InChI=1S/C14H6F4N2O3S/c15-7-3-4-8-9(6-7)19(22)11(12(21)10-2-1-5-24-10)13(20(8)23)14(16,17)18/h1-6H. The lowest BCUT2D eigenvalue weighted by Gasteiger charge is -2.20. The largest absolute Gasteiger partial charge is 0.805 e. The van der Waals surface area contributed by atoms with Gasteiger partial charge in [-0.3, -0.25) is 4.79 Å². The third-order valence-corrected chi connectivity index (χ3v) is 4.10. The highest BCUT2D eigenvalue weighted by atomic mass is 32.1. The molecule has 0 spiro atoms. The zero-order valence-electron chi connectivity index (χ0n) is 11.5. The van der Waals surface area contributed by atoms with Crippen molar-refractivity contribution in [3.63, 3.8) is 0 Å². The van der Waals surface area contributed by atoms with Crippen LogP contribution >= 0.6 is 11.3 Å². The van der Waals surface area contributed by atoms with Crippen LogP contribution in [0.25, 0.3) is 11.0 Å². The molecule has 0 fully saturated rings. The van der Waals surface area contributed by atoms with Gasteiger partial charge in [0.1, 0.15) is 11.3 Å². The fourth-order valence-corrected chi connectivity index (χ4v) is 2.90. The molecule has 0 bridgehead atoms. The zero-order valence-corrected chi connectivity index (χ0v) is 12.3. The Hall–Kier alpha value is -2.75. The number of halogens is 4. The quantitative estimate of drug-likeness (QED) is 0.401. The fraction of sp³-hybridized carbons (Fsp3) is 0.0714. The maximum Gasteiger partial charge on any atom is 0.438 e. The molecule has 0 saturated heterocycles. The van der Waals surface area contributed by atoms with Gasteiger partial charge in [0.05, 0.1) is 15.4 Å². The number of thiophene rings is 1. The van der Waals surface area contributed by atoms with E-state index in [0.29, 0.717) is 6.07 Å². The van der Waals surface area contributed by atoms with Crippen molar-refractivity contribution < 1.29 is 26.8 Å². The molecule has 3 rings (SSSR count). The van der Waals surface area contributed by atoms with E-state index in [4.69, 9.17) is 0 Å². The molecule has 0 aliphatic rings. The van der Waals surface area contributed by atoms with Crippen molar-refractivity contribution >= 4 is 28.2 Å². The van der Waals surface area contributed by atoms with Gasteiger partial charge in [0.2, 0.25) is 5.69 Å². The maximum absolute atomic E-state index is 13.3. The van der Waals surface area contributed by atoms with E-state index >= 15 is 0 Å². The number of fused-ring (bicyclic) bond motifs is 1. The van der Waals surface area contributed by atoms with Gasteiger partial charge in [-0.15, -0.1) is 11.3 Å². The lowest BCUT2D eigenvalue weighted by Crippen LogP contribution is -2.34. The van der Waals surface area contributed by atoms with Crippen molar-refractivity contribution in [2.45, 2.75) is 6.18 Å². The molecule has 5 nitrogen and oxygen atoms in total. The molecule has 1 aromatic carbocycles. The predicted molar refractivity (Wildman–Crippen MR) is 76.8 cm³/mol. The summed E-state index contributed by atoms with van der Waals surface area (Å²) < 4.78 is 52.3. The number of hydrogen-bond acceptors (Lipinski definition) is 4. The first-order chi connectivity index (χ1) is 11.2. The minimum atomic E-state index is -5.25. The Morgan fingerprint density at radius 3 is 2.54 bits per heavy atom. The van der Waals surface area contributed by atoms with Crippen LogP contribution in [0.2, 0.25) is 0 Å². The third-order valence-electron chi connectivity index (χ3n) is 3.23. The molecular formula is C14H6F4N2O3S. The second-order valence-electron chi connectivity index (χ2n) is 4.72. The molecule has 0 radical (unpaired) electrons. The van der Waals surface area contributed by atoms with Gasteiger partial charge in [0, 0.05) is 4.91 Å². The molecule has 2 heterocycles. The van der Waals surface area contributed by atoms with Gasteiger partial charge in [-0.2, -0.15) is 13.2 Å². The normalized spacial score (nSPS) is 11.8. The van der Waals surface area contributed by atoms with E-state index in [1.54, 1.807) is 0 Å². The highest BCUT2D eigenvalue weighted by Crippen LogP contribution is 2.33. The number of rotatable bonds is 2. The third kappa shape index (κ3) is 2.44. The summed E-state index contributed by atoms with van der Waals surface area (Å²) in [6.45, 7) is 0. The number of hydrogen-bond donors (Lipinski definition) is 0. The molecule has 0 aliphatic carbocycles. The molecule has 24 heavy (non-hydrogen) atoms. The van der Waals surface area contributed by atoms with E-state index in [9.17, 15) is 32.5 Å². The van der Waals surface area contributed by atoms with Crippen LogP contribution in [-0.2, 0) is 6.18 Å². The summed E-state index contributed by atoms with van der Waals surface area (Å²) in [7, 11) is 0. The topological polar surface area (TPSA) is 68.0 Å². The minimum absolute atomic E-state index is 0.152. The minimum Gasteiger partial charge on any atom is -0.805 e. The van der Waals surface area contributed by atoms with E-state index in [1.165, 1.54) is 17.5 Å². The maximum atomic E-state index is 13.3. The van der Waals surface area contributed by atoms with Gasteiger partial charge in [-0.25, -0.2) is 4.39 Å². The zero-order chi connectivity index (χ0) is 17.6. The second-order valence-corrected chi connectivity index (χ2v) is 5.67. The summed E-state index contributed by atoms with van der Waals surface area (Å²) in [5.74, 6) is -2.19. The Kier molecular flexibility index (Phi) is 3.63. The van der Waals surface area contributed by atoms with Crippen LogP contribution in [0.3, 0.4) is 0 Å². The molecule has 0 N–H and O–H groups in total. The lowest BCUT2D eigenvalue weighted by molar-refractivity contribution is -0.470. The summed E-state index contributed by atoms with van der Waals surface area (Å²) in [5.41, 5.74) is -4.69. The Morgan fingerprint density at radius 1 is 1.25 bits per heavy atom. The monoisotopic (exact) mass is 358 g/mol.